The molecule has 6 nitrogen and oxygen atoms in total. The molecule has 0 saturated carbocycles. The lowest BCUT2D eigenvalue weighted by atomic mass is 10.0. The average molecular weight is 427 g/mol. The molecular weight excluding hydrogens is 396 g/mol. The van der Waals surface area contributed by atoms with E-state index in [4.69, 9.17) is 9.84 Å². The van der Waals surface area contributed by atoms with Crippen LogP contribution in [0.4, 0.5) is 0 Å². The summed E-state index contributed by atoms with van der Waals surface area (Å²) < 4.78 is 7.67. The van der Waals surface area contributed by atoms with Crippen LogP contribution in [0.25, 0.3) is 11.3 Å². The average Bonchev–Trinajstić information content (AvgIpc) is 3.03. The van der Waals surface area contributed by atoms with E-state index in [2.05, 4.69) is 40.8 Å². The number of hydrogen-bond acceptors (Lipinski definition) is 5. The summed E-state index contributed by atoms with van der Waals surface area (Å²) in [7, 11) is 0. The van der Waals surface area contributed by atoms with E-state index in [1.54, 1.807) is 0 Å². The normalized spacial score (nSPS) is 22.3. The first-order valence-electron chi connectivity index (χ1n) is 11.2. The molecule has 0 bridgehead atoms. The number of aromatic nitrogens is 2. The van der Waals surface area contributed by atoms with Crippen molar-refractivity contribution < 1.29 is 9.53 Å². The molecule has 3 aliphatic heterocycles. The van der Waals surface area contributed by atoms with Crippen molar-refractivity contribution in [2.24, 2.45) is 0 Å². The predicted molar refractivity (Wildman–Crippen MR) is 119 cm³/mol. The van der Waals surface area contributed by atoms with Crippen LogP contribution in [0.3, 0.4) is 0 Å². The van der Waals surface area contributed by atoms with E-state index in [9.17, 15) is 4.79 Å². The highest BCUT2D eigenvalue weighted by Gasteiger charge is 2.33. The van der Waals surface area contributed by atoms with Gasteiger partial charge in [0.05, 0.1) is 24.9 Å². The smallest absolute Gasteiger partial charge is 0.274 e. The third-order valence-electron chi connectivity index (χ3n) is 6.61. The highest BCUT2D eigenvalue weighted by Crippen LogP contribution is 2.44. The highest BCUT2D eigenvalue weighted by atomic mass is 32.2. The van der Waals surface area contributed by atoms with Crippen molar-refractivity contribution in [1.82, 2.24) is 19.6 Å². The van der Waals surface area contributed by atoms with Crippen LogP contribution >= 0.6 is 11.8 Å². The zero-order chi connectivity index (χ0) is 20.5. The van der Waals surface area contributed by atoms with Gasteiger partial charge in [0.1, 0.15) is 0 Å². The quantitative estimate of drug-likeness (QED) is 0.750. The van der Waals surface area contributed by atoms with Gasteiger partial charge in [0.25, 0.3) is 5.91 Å². The van der Waals surface area contributed by atoms with Crippen LogP contribution in [0, 0.1) is 0 Å². The Bertz CT molecular complexity index is 922. The van der Waals surface area contributed by atoms with Gasteiger partial charge in [-0.3, -0.25) is 9.48 Å². The first kappa shape index (κ1) is 20.1. The fourth-order valence-electron chi connectivity index (χ4n) is 4.88. The summed E-state index contributed by atoms with van der Waals surface area (Å²) in [6.07, 6.45) is 3.38. The zero-order valence-corrected chi connectivity index (χ0v) is 18.5. The molecule has 7 heteroatoms. The second-order valence-electron chi connectivity index (χ2n) is 8.33. The Balaban J connectivity index is 1.56. The number of morpholine rings is 1. The van der Waals surface area contributed by atoms with E-state index >= 15 is 0 Å². The summed E-state index contributed by atoms with van der Waals surface area (Å²) in [5.41, 5.74) is 4.18. The number of rotatable bonds is 3. The molecule has 160 valence electrons. The van der Waals surface area contributed by atoms with Gasteiger partial charge in [0, 0.05) is 41.4 Å². The van der Waals surface area contributed by atoms with Crippen LogP contribution in [0.1, 0.15) is 48.3 Å². The van der Waals surface area contributed by atoms with E-state index in [-0.39, 0.29) is 5.91 Å². The number of amides is 1. The van der Waals surface area contributed by atoms with E-state index in [0.717, 1.165) is 43.8 Å². The van der Waals surface area contributed by atoms with Crippen LogP contribution in [0.5, 0.6) is 0 Å². The molecule has 0 N–H and O–H groups in total. The van der Waals surface area contributed by atoms with Crippen molar-refractivity contribution in [3.8, 4) is 11.3 Å². The first-order valence-corrected chi connectivity index (χ1v) is 12.2. The van der Waals surface area contributed by atoms with Gasteiger partial charge < -0.3 is 14.5 Å². The van der Waals surface area contributed by atoms with Crippen molar-refractivity contribution in [3.05, 3.63) is 35.5 Å². The molecule has 0 aliphatic carbocycles. The van der Waals surface area contributed by atoms with E-state index in [0.29, 0.717) is 38.0 Å². The fraction of sp³-hybridized carbons (Fsp3) is 0.565. The topological polar surface area (TPSA) is 50.6 Å². The minimum atomic E-state index is 0.0667. The lowest BCUT2D eigenvalue weighted by Gasteiger charge is -2.26. The zero-order valence-electron chi connectivity index (χ0n) is 17.7. The molecule has 1 atom stereocenters. The maximum atomic E-state index is 13.4. The molecule has 4 heterocycles. The second kappa shape index (κ2) is 8.73. The van der Waals surface area contributed by atoms with Crippen molar-refractivity contribution in [2.75, 3.05) is 45.9 Å². The van der Waals surface area contributed by atoms with Gasteiger partial charge in [-0.1, -0.05) is 25.1 Å². The third-order valence-corrected chi connectivity index (χ3v) is 7.71. The van der Waals surface area contributed by atoms with E-state index in [1.807, 2.05) is 16.7 Å². The Morgan fingerprint density at radius 1 is 1.17 bits per heavy atom. The maximum Gasteiger partial charge on any atom is 0.274 e. The number of carbonyl (C=O) groups excluding carboxylic acids is 1. The van der Waals surface area contributed by atoms with E-state index < -0.39 is 0 Å². The number of fused-ring (bicyclic) bond motifs is 3. The van der Waals surface area contributed by atoms with Crippen molar-refractivity contribution in [1.29, 1.82) is 0 Å². The minimum Gasteiger partial charge on any atom is -0.378 e. The van der Waals surface area contributed by atoms with Gasteiger partial charge in [-0.05, 0) is 38.4 Å². The van der Waals surface area contributed by atoms with Crippen LogP contribution in [0.2, 0.25) is 0 Å². The molecule has 0 spiro atoms. The van der Waals surface area contributed by atoms with Gasteiger partial charge in [-0.15, -0.1) is 11.8 Å². The Morgan fingerprint density at radius 3 is 2.83 bits per heavy atom. The van der Waals surface area contributed by atoms with Crippen molar-refractivity contribution >= 4 is 17.7 Å². The second-order valence-corrected chi connectivity index (χ2v) is 9.35. The minimum absolute atomic E-state index is 0.0667. The number of benzene rings is 1. The van der Waals surface area contributed by atoms with Crippen LogP contribution < -0.4 is 0 Å². The van der Waals surface area contributed by atoms with Crippen LogP contribution in [-0.2, 0) is 10.5 Å². The fourth-order valence-corrected chi connectivity index (χ4v) is 5.95. The monoisotopic (exact) mass is 426 g/mol. The summed E-state index contributed by atoms with van der Waals surface area (Å²) in [5, 5.41) is 5.03. The van der Waals surface area contributed by atoms with Crippen molar-refractivity contribution in [3.63, 3.8) is 0 Å². The number of nitrogens with zero attached hydrogens (tertiary/aromatic N) is 4. The Morgan fingerprint density at radius 2 is 2.00 bits per heavy atom. The molecule has 2 fully saturated rings. The third kappa shape index (κ3) is 3.67. The lowest BCUT2D eigenvalue weighted by molar-refractivity contribution is 0.0297. The summed E-state index contributed by atoms with van der Waals surface area (Å²) >= 11 is 1.82. The molecule has 1 unspecified atom stereocenters. The standard InChI is InChI=1S/C23H30N4O2S/c1-2-25-10-5-6-17(9-11-25)27-22-18-7-3-4-8-20(18)30-16-19(22)21(24-27)23(28)26-12-14-29-15-13-26/h3-4,7-8,17H,2,5-6,9-16H2,1H3. The summed E-state index contributed by atoms with van der Waals surface area (Å²) in [6, 6.07) is 8.92. The van der Waals surface area contributed by atoms with Crippen LogP contribution in [-0.4, -0.2) is 71.4 Å². The lowest BCUT2D eigenvalue weighted by Crippen LogP contribution is -2.41. The Hall–Kier alpha value is -1.83. The Kier molecular flexibility index (Phi) is 5.85. The highest BCUT2D eigenvalue weighted by molar-refractivity contribution is 7.98. The number of likely N-dealkylation sites (tertiary alicyclic amines) is 1. The number of hydrogen-bond donors (Lipinski definition) is 0. The Labute approximate surface area is 182 Å². The molecular formula is C23H30N4O2S. The molecule has 1 amide bonds. The number of ether oxygens (including phenoxy) is 1. The maximum absolute atomic E-state index is 13.4. The molecule has 5 rings (SSSR count). The van der Waals surface area contributed by atoms with Gasteiger partial charge in [0.15, 0.2) is 5.69 Å². The SMILES string of the molecule is CCN1CCCC(n2nc(C(=O)N3CCOCC3)c3c2-c2ccccc2SC3)CC1. The van der Waals surface area contributed by atoms with Gasteiger partial charge in [0.2, 0.25) is 0 Å². The summed E-state index contributed by atoms with van der Waals surface area (Å²) in [5.74, 6) is 0.878. The van der Waals surface area contributed by atoms with Crippen LogP contribution in [0.15, 0.2) is 29.2 Å². The predicted octanol–water partition coefficient (Wildman–Crippen LogP) is 3.68. The molecule has 1 aromatic heterocycles. The van der Waals surface area contributed by atoms with Crippen molar-refractivity contribution in [2.45, 2.75) is 42.9 Å². The molecule has 3 aliphatic rings. The largest absolute Gasteiger partial charge is 0.378 e. The molecule has 30 heavy (non-hydrogen) atoms. The first-order chi connectivity index (χ1) is 14.8. The van der Waals surface area contributed by atoms with Gasteiger partial charge in [-0.25, -0.2) is 0 Å². The summed E-state index contributed by atoms with van der Waals surface area (Å²) in [6.45, 7) is 8.12. The number of thioether (sulfide) groups is 1. The number of carbonyl (C=O) groups is 1. The summed E-state index contributed by atoms with van der Waals surface area (Å²) in [4.78, 5) is 19.2. The molecule has 1 aromatic carbocycles. The van der Waals surface area contributed by atoms with Gasteiger partial charge in [-0.2, -0.15) is 5.10 Å². The molecule has 2 saturated heterocycles. The van der Waals surface area contributed by atoms with Gasteiger partial charge >= 0.3 is 0 Å². The molecule has 2 aromatic rings. The van der Waals surface area contributed by atoms with E-state index in [1.165, 1.54) is 22.6 Å². The molecule has 0 radical (unpaired) electrons.